The molecule has 0 aliphatic carbocycles. The van der Waals surface area contributed by atoms with Crippen LogP contribution in [-0.2, 0) is 14.8 Å². The molecule has 8 heteroatoms. The Balaban J connectivity index is 2.37. The Morgan fingerprint density at radius 3 is 2.26 bits per heavy atom. The number of nitrogens with one attached hydrogen (secondary N) is 1. The number of nitrogens with zero attached hydrogens (tertiary/aromatic N) is 1. The van der Waals surface area contributed by atoms with E-state index in [1.54, 1.807) is 18.2 Å². The number of amides is 1. The lowest BCUT2D eigenvalue weighted by atomic mass is 10.3. The van der Waals surface area contributed by atoms with E-state index in [4.69, 9.17) is 23.2 Å². The van der Waals surface area contributed by atoms with E-state index < -0.39 is 10.0 Å². The van der Waals surface area contributed by atoms with Crippen LogP contribution in [0.5, 0.6) is 0 Å². The topological polar surface area (TPSA) is 66.5 Å². The van der Waals surface area contributed by atoms with E-state index >= 15 is 0 Å². The standard InChI is InChI=1S/C15H14Cl2N2O3S/c1-10(20)18-11-6-8-12(9-7-11)23(21,22)19(2)14-5-3-4-13(16)15(14)17/h3-9H,1-2H3,(H,18,20). The van der Waals surface area contributed by atoms with E-state index in [9.17, 15) is 13.2 Å². The van der Waals surface area contributed by atoms with Gasteiger partial charge in [-0.1, -0.05) is 29.3 Å². The summed E-state index contributed by atoms with van der Waals surface area (Å²) in [7, 11) is -2.40. The monoisotopic (exact) mass is 372 g/mol. The zero-order valence-electron chi connectivity index (χ0n) is 12.4. The number of carbonyl (C=O) groups is 1. The van der Waals surface area contributed by atoms with Gasteiger partial charge in [0.05, 0.1) is 20.6 Å². The first-order valence-electron chi connectivity index (χ1n) is 6.54. The van der Waals surface area contributed by atoms with Crippen LogP contribution in [0.2, 0.25) is 10.0 Å². The fourth-order valence-electron chi connectivity index (χ4n) is 1.94. The van der Waals surface area contributed by atoms with Crippen LogP contribution in [0.4, 0.5) is 11.4 Å². The van der Waals surface area contributed by atoms with Gasteiger partial charge in [0.25, 0.3) is 10.0 Å². The summed E-state index contributed by atoms with van der Waals surface area (Å²) in [5, 5.41) is 3.01. The second-order valence-corrected chi connectivity index (χ2v) is 7.51. The van der Waals surface area contributed by atoms with Crippen molar-refractivity contribution in [3.63, 3.8) is 0 Å². The van der Waals surface area contributed by atoms with Gasteiger partial charge in [-0.2, -0.15) is 0 Å². The van der Waals surface area contributed by atoms with Crippen LogP contribution in [0.15, 0.2) is 47.4 Å². The summed E-state index contributed by atoms with van der Waals surface area (Å²) in [6.07, 6.45) is 0. The quantitative estimate of drug-likeness (QED) is 0.887. The third-order valence-electron chi connectivity index (χ3n) is 3.10. The average molecular weight is 373 g/mol. The summed E-state index contributed by atoms with van der Waals surface area (Å²) in [5.41, 5.74) is 0.796. The molecule has 23 heavy (non-hydrogen) atoms. The van der Waals surface area contributed by atoms with Gasteiger partial charge in [-0.3, -0.25) is 9.10 Å². The maximum absolute atomic E-state index is 12.7. The molecule has 0 aromatic heterocycles. The maximum atomic E-state index is 12.7. The predicted octanol–water partition coefficient (Wildman–Crippen LogP) is 3.78. The highest BCUT2D eigenvalue weighted by atomic mass is 35.5. The maximum Gasteiger partial charge on any atom is 0.264 e. The second-order valence-electron chi connectivity index (χ2n) is 4.75. The largest absolute Gasteiger partial charge is 0.326 e. The van der Waals surface area contributed by atoms with E-state index in [2.05, 4.69) is 5.32 Å². The Bertz CT molecular complexity index is 836. The molecule has 0 saturated heterocycles. The van der Waals surface area contributed by atoms with Crippen LogP contribution in [0, 0.1) is 0 Å². The number of hydrogen-bond acceptors (Lipinski definition) is 3. The van der Waals surface area contributed by atoms with Crippen LogP contribution in [0.3, 0.4) is 0 Å². The average Bonchev–Trinajstić information content (AvgIpc) is 2.49. The van der Waals surface area contributed by atoms with Gasteiger partial charge in [-0.05, 0) is 36.4 Å². The van der Waals surface area contributed by atoms with Crippen molar-refractivity contribution < 1.29 is 13.2 Å². The summed E-state index contributed by atoms with van der Waals surface area (Å²) in [6, 6.07) is 10.6. The van der Waals surface area contributed by atoms with Crippen LogP contribution in [0.1, 0.15) is 6.92 Å². The summed E-state index contributed by atoms with van der Waals surface area (Å²) >= 11 is 12.0. The molecule has 2 aromatic carbocycles. The molecule has 5 nitrogen and oxygen atoms in total. The van der Waals surface area contributed by atoms with Crippen molar-refractivity contribution in [1.29, 1.82) is 0 Å². The van der Waals surface area contributed by atoms with Crippen LogP contribution in [-0.4, -0.2) is 21.4 Å². The van der Waals surface area contributed by atoms with Gasteiger partial charge in [-0.25, -0.2) is 8.42 Å². The zero-order chi connectivity index (χ0) is 17.2. The summed E-state index contributed by atoms with van der Waals surface area (Å²) in [6.45, 7) is 1.37. The molecule has 0 aliphatic rings. The third-order valence-corrected chi connectivity index (χ3v) is 5.70. The summed E-state index contributed by atoms with van der Waals surface area (Å²) in [4.78, 5) is 11.1. The lowest BCUT2D eigenvalue weighted by Gasteiger charge is -2.21. The molecular formula is C15H14Cl2N2O3S. The smallest absolute Gasteiger partial charge is 0.264 e. The highest BCUT2D eigenvalue weighted by molar-refractivity contribution is 7.92. The van der Waals surface area contributed by atoms with Crippen molar-refractivity contribution in [3.05, 3.63) is 52.5 Å². The Hall–Kier alpha value is -1.76. The van der Waals surface area contributed by atoms with E-state index in [0.29, 0.717) is 5.69 Å². The molecule has 2 aromatic rings. The molecule has 0 bridgehead atoms. The van der Waals surface area contributed by atoms with Gasteiger partial charge in [0.2, 0.25) is 5.91 Å². The first-order valence-corrected chi connectivity index (χ1v) is 8.73. The predicted molar refractivity (Wildman–Crippen MR) is 92.8 cm³/mol. The van der Waals surface area contributed by atoms with E-state index in [-0.39, 0.29) is 26.5 Å². The van der Waals surface area contributed by atoms with Crippen molar-refractivity contribution >= 4 is 50.5 Å². The molecule has 1 N–H and O–H groups in total. The third kappa shape index (κ3) is 3.77. The second kappa shape index (κ2) is 6.78. The minimum absolute atomic E-state index is 0.0742. The number of carbonyl (C=O) groups excluding carboxylic acids is 1. The molecule has 0 aliphatic heterocycles. The highest BCUT2D eigenvalue weighted by Gasteiger charge is 2.23. The van der Waals surface area contributed by atoms with Crippen LogP contribution in [0.25, 0.3) is 0 Å². The molecule has 1 amide bonds. The van der Waals surface area contributed by atoms with Crippen molar-refractivity contribution in [2.75, 3.05) is 16.7 Å². The molecular weight excluding hydrogens is 359 g/mol. The van der Waals surface area contributed by atoms with Crippen molar-refractivity contribution in [3.8, 4) is 0 Å². The van der Waals surface area contributed by atoms with Crippen LogP contribution < -0.4 is 9.62 Å². The van der Waals surface area contributed by atoms with E-state index in [1.165, 1.54) is 38.2 Å². The van der Waals surface area contributed by atoms with Gasteiger partial charge in [-0.15, -0.1) is 0 Å². The number of halogens is 2. The van der Waals surface area contributed by atoms with Gasteiger partial charge in [0.15, 0.2) is 0 Å². The van der Waals surface area contributed by atoms with Crippen LogP contribution >= 0.6 is 23.2 Å². The molecule has 2 rings (SSSR count). The van der Waals surface area contributed by atoms with E-state index in [1.807, 2.05) is 0 Å². The molecule has 122 valence electrons. The Morgan fingerprint density at radius 1 is 1.09 bits per heavy atom. The molecule has 0 saturated carbocycles. The van der Waals surface area contributed by atoms with Gasteiger partial charge in [0, 0.05) is 19.7 Å². The molecule has 0 unspecified atom stereocenters. The molecule has 0 fully saturated rings. The first kappa shape index (κ1) is 17.6. The SMILES string of the molecule is CC(=O)Nc1ccc(S(=O)(=O)N(C)c2cccc(Cl)c2Cl)cc1. The fraction of sp³-hybridized carbons (Fsp3) is 0.133. The molecule has 0 atom stereocenters. The normalized spacial score (nSPS) is 11.1. The number of rotatable bonds is 4. The Labute approximate surface area is 144 Å². The lowest BCUT2D eigenvalue weighted by Crippen LogP contribution is -2.26. The minimum Gasteiger partial charge on any atom is -0.326 e. The van der Waals surface area contributed by atoms with Gasteiger partial charge < -0.3 is 5.32 Å². The summed E-state index contributed by atoms with van der Waals surface area (Å²) in [5.74, 6) is -0.233. The Morgan fingerprint density at radius 2 is 1.70 bits per heavy atom. The van der Waals surface area contributed by atoms with Gasteiger partial charge >= 0.3 is 0 Å². The summed E-state index contributed by atoms with van der Waals surface area (Å²) < 4.78 is 26.4. The van der Waals surface area contributed by atoms with Crippen molar-refractivity contribution in [2.24, 2.45) is 0 Å². The van der Waals surface area contributed by atoms with Gasteiger partial charge in [0.1, 0.15) is 0 Å². The zero-order valence-corrected chi connectivity index (χ0v) is 14.7. The molecule has 0 heterocycles. The first-order chi connectivity index (χ1) is 10.7. The molecule has 0 radical (unpaired) electrons. The highest BCUT2D eigenvalue weighted by Crippen LogP contribution is 2.34. The number of anilines is 2. The van der Waals surface area contributed by atoms with Crippen molar-refractivity contribution in [2.45, 2.75) is 11.8 Å². The minimum atomic E-state index is -3.80. The number of hydrogen-bond donors (Lipinski definition) is 1. The Kier molecular flexibility index (Phi) is 5.19. The number of benzene rings is 2. The number of sulfonamides is 1. The van der Waals surface area contributed by atoms with E-state index in [0.717, 1.165) is 4.31 Å². The lowest BCUT2D eigenvalue weighted by molar-refractivity contribution is -0.114. The van der Waals surface area contributed by atoms with Crippen molar-refractivity contribution in [1.82, 2.24) is 0 Å². The fourth-order valence-corrected chi connectivity index (χ4v) is 3.62. The molecule has 0 spiro atoms.